The minimum atomic E-state index is -4.54. The zero-order chi connectivity index (χ0) is 14.8. The Morgan fingerprint density at radius 1 is 1.32 bits per heavy atom. The number of carbonyl (C=O) groups is 1. The number of hydrogen-bond acceptors (Lipinski definition) is 2. The van der Waals surface area contributed by atoms with E-state index in [4.69, 9.17) is 5.11 Å². The van der Waals surface area contributed by atoms with Gasteiger partial charge in [-0.05, 0) is 24.1 Å². The van der Waals surface area contributed by atoms with Crippen molar-refractivity contribution in [1.82, 2.24) is 0 Å². The molecule has 1 rings (SSSR count). The van der Waals surface area contributed by atoms with Crippen LogP contribution in [0.5, 0.6) is 0 Å². The Morgan fingerprint density at radius 2 is 1.89 bits per heavy atom. The first-order valence-electron chi connectivity index (χ1n) is 5.45. The van der Waals surface area contributed by atoms with E-state index in [9.17, 15) is 22.2 Å². The number of carboxylic acid groups (broad SMARTS) is 1. The maximum atomic E-state index is 12.5. The highest BCUT2D eigenvalue weighted by molar-refractivity contribution is 7.86. The van der Waals surface area contributed by atoms with Gasteiger partial charge in [-0.3, -0.25) is 9.00 Å². The second kappa shape index (κ2) is 5.73. The molecule has 0 amide bonds. The fraction of sp³-hybridized carbons (Fsp3) is 0.417. The van der Waals surface area contributed by atoms with Gasteiger partial charge < -0.3 is 5.11 Å². The molecule has 0 fully saturated rings. The summed E-state index contributed by atoms with van der Waals surface area (Å²) in [7, 11) is -2.03. The van der Waals surface area contributed by atoms with Crippen molar-refractivity contribution in [3.63, 3.8) is 0 Å². The molecule has 0 spiro atoms. The van der Waals surface area contributed by atoms with Gasteiger partial charge >= 0.3 is 12.1 Å². The van der Waals surface area contributed by atoms with Crippen molar-refractivity contribution in [3.05, 3.63) is 29.8 Å². The topological polar surface area (TPSA) is 54.4 Å². The number of alkyl halides is 3. The molecule has 0 aliphatic heterocycles. The SMILES string of the molecule is CC(C)C(C(=O)O)S(=O)c1cccc(C(F)(F)F)c1. The van der Waals surface area contributed by atoms with E-state index in [0.29, 0.717) is 0 Å². The fourth-order valence-electron chi connectivity index (χ4n) is 1.57. The van der Waals surface area contributed by atoms with E-state index in [1.807, 2.05) is 0 Å². The number of rotatable bonds is 4. The number of hydrogen-bond donors (Lipinski definition) is 1. The van der Waals surface area contributed by atoms with Crippen LogP contribution in [0.15, 0.2) is 29.2 Å². The minimum absolute atomic E-state index is 0.129. The average molecular weight is 294 g/mol. The minimum Gasteiger partial charge on any atom is -0.480 e. The number of aliphatic carboxylic acids is 1. The van der Waals surface area contributed by atoms with Gasteiger partial charge in [-0.2, -0.15) is 13.2 Å². The Balaban J connectivity index is 3.16. The lowest BCUT2D eigenvalue weighted by Crippen LogP contribution is -2.31. The third-order valence-corrected chi connectivity index (χ3v) is 4.40. The Morgan fingerprint density at radius 3 is 2.32 bits per heavy atom. The van der Waals surface area contributed by atoms with Crippen LogP contribution in [0.3, 0.4) is 0 Å². The van der Waals surface area contributed by atoms with Crippen molar-refractivity contribution in [3.8, 4) is 0 Å². The molecule has 0 radical (unpaired) electrons. The van der Waals surface area contributed by atoms with Crippen LogP contribution in [0, 0.1) is 5.92 Å². The van der Waals surface area contributed by atoms with Crippen molar-refractivity contribution >= 4 is 16.8 Å². The molecule has 1 aromatic carbocycles. The maximum Gasteiger partial charge on any atom is 0.416 e. The summed E-state index contributed by atoms with van der Waals surface area (Å²) in [5.74, 6) is -1.74. The van der Waals surface area contributed by atoms with Crippen LogP contribution in [0.2, 0.25) is 0 Å². The molecule has 1 N–H and O–H groups in total. The summed E-state index contributed by atoms with van der Waals surface area (Å²) in [5.41, 5.74) is -0.939. The maximum absolute atomic E-state index is 12.5. The smallest absolute Gasteiger partial charge is 0.416 e. The van der Waals surface area contributed by atoms with Gasteiger partial charge in [0, 0.05) is 4.90 Å². The number of benzene rings is 1. The number of halogens is 3. The van der Waals surface area contributed by atoms with E-state index in [0.717, 1.165) is 18.2 Å². The van der Waals surface area contributed by atoms with Gasteiger partial charge in [0.2, 0.25) is 0 Å². The molecular formula is C12H13F3O3S. The lowest BCUT2D eigenvalue weighted by Gasteiger charge is -2.16. The molecule has 2 unspecified atom stereocenters. The molecule has 0 aliphatic rings. The fourth-order valence-corrected chi connectivity index (χ4v) is 2.99. The first-order valence-corrected chi connectivity index (χ1v) is 6.66. The predicted octanol–water partition coefficient (Wildman–Crippen LogP) is 2.92. The largest absolute Gasteiger partial charge is 0.480 e. The quantitative estimate of drug-likeness (QED) is 0.929. The van der Waals surface area contributed by atoms with E-state index in [1.54, 1.807) is 13.8 Å². The second-order valence-electron chi connectivity index (χ2n) is 4.33. The molecule has 0 aliphatic carbocycles. The molecule has 7 heteroatoms. The summed E-state index contributed by atoms with van der Waals surface area (Å²) in [6, 6.07) is 3.94. The van der Waals surface area contributed by atoms with Gasteiger partial charge in [-0.1, -0.05) is 19.9 Å². The molecule has 2 atom stereocenters. The molecule has 19 heavy (non-hydrogen) atoms. The van der Waals surface area contributed by atoms with Gasteiger partial charge in [0.1, 0.15) is 5.25 Å². The van der Waals surface area contributed by atoms with Gasteiger partial charge in [0.05, 0.1) is 16.4 Å². The lowest BCUT2D eigenvalue weighted by atomic mass is 10.1. The van der Waals surface area contributed by atoms with E-state index < -0.39 is 39.7 Å². The zero-order valence-electron chi connectivity index (χ0n) is 10.3. The highest BCUT2D eigenvalue weighted by Gasteiger charge is 2.33. The molecule has 3 nitrogen and oxygen atoms in total. The normalized spacial score (nSPS) is 15.3. The molecule has 0 saturated carbocycles. The van der Waals surface area contributed by atoms with Crippen LogP contribution >= 0.6 is 0 Å². The van der Waals surface area contributed by atoms with Gasteiger partial charge in [-0.15, -0.1) is 0 Å². The zero-order valence-corrected chi connectivity index (χ0v) is 11.1. The van der Waals surface area contributed by atoms with E-state index in [1.165, 1.54) is 6.07 Å². The second-order valence-corrected chi connectivity index (χ2v) is 5.90. The van der Waals surface area contributed by atoms with Gasteiger partial charge in [0.25, 0.3) is 0 Å². The Kier molecular flexibility index (Phi) is 4.73. The molecule has 0 bridgehead atoms. The van der Waals surface area contributed by atoms with Crippen molar-refractivity contribution in [1.29, 1.82) is 0 Å². The molecule has 106 valence electrons. The van der Waals surface area contributed by atoms with Crippen LogP contribution in [0.25, 0.3) is 0 Å². The summed E-state index contributed by atoms with van der Waals surface area (Å²) in [6.45, 7) is 3.12. The Labute approximate surface area is 110 Å². The molecule has 1 aromatic rings. The summed E-state index contributed by atoms with van der Waals surface area (Å²) in [6.07, 6.45) is -4.54. The Hall–Kier alpha value is -1.37. The summed E-state index contributed by atoms with van der Waals surface area (Å²) < 4.78 is 49.7. The first-order chi connectivity index (χ1) is 8.64. The van der Waals surface area contributed by atoms with Crippen LogP contribution < -0.4 is 0 Å². The number of carboxylic acids is 1. The average Bonchev–Trinajstić information content (AvgIpc) is 2.27. The monoisotopic (exact) mass is 294 g/mol. The van der Waals surface area contributed by atoms with Gasteiger partial charge in [-0.25, -0.2) is 0 Å². The molecule has 0 saturated heterocycles. The van der Waals surface area contributed by atoms with Crippen LogP contribution in [-0.2, 0) is 21.8 Å². The first kappa shape index (κ1) is 15.7. The molecule has 0 aromatic heterocycles. The van der Waals surface area contributed by atoms with Crippen molar-refractivity contribution in [2.75, 3.05) is 0 Å². The van der Waals surface area contributed by atoms with E-state index >= 15 is 0 Å². The third kappa shape index (κ3) is 3.79. The van der Waals surface area contributed by atoms with Crippen LogP contribution in [-0.4, -0.2) is 20.5 Å². The Bertz CT molecular complexity index is 497. The molecular weight excluding hydrogens is 281 g/mol. The summed E-state index contributed by atoms with van der Waals surface area (Å²) >= 11 is 0. The van der Waals surface area contributed by atoms with Crippen molar-refractivity contribution in [2.24, 2.45) is 5.92 Å². The summed E-state index contributed by atoms with van der Waals surface area (Å²) in [4.78, 5) is 10.9. The van der Waals surface area contributed by atoms with E-state index in [2.05, 4.69) is 0 Å². The lowest BCUT2D eigenvalue weighted by molar-refractivity contribution is -0.138. The van der Waals surface area contributed by atoms with Crippen LogP contribution in [0.1, 0.15) is 19.4 Å². The predicted molar refractivity (Wildman–Crippen MR) is 64.1 cm³/mol. The molecule has 0 heterocycles. The standard InChI is InChI=1S/C12H13F3O3S/c1-7(2)10(11(16)17)19(18)9-5-3-4-8(6-9)12(13,14)15/h3-7,10H,1-2H3,(H,16,17). The van der Waals surface area contributed by atoms with E-state index in [-0.39, 0.29) is 4.90 Å². The summed E-state index contributed by atoms with van der Waals surface area (Å²) in [5, 5.41) is 7.76. The highest BCUT2D eigenvalue weighted by atomic mass is 32.2. The highest BCUT2D eigenvalue weighted by Crippen LogP contribution is 2.31. The van der Waals surface area contributed by atoms with Crippen molar-refractivity contribution in [2.45, 2.75) is 30.2 Å². The van der Waals surface area contributed by atoms with Gasteiger partial charge in [0.15, 0.2) is 0 Å². The van der Waals surface area contributed by atoms with Crippen molar-refractivity contribution < 1.29 is 27.3 Å². The third-order valence-electron chi connectivity index (χ3n) is 2.47. The van der Waals surface area contributed by atoms with Crippen LogP contribution in [0.4, 0.5) is 13.2 Å².